The summed E-state index contributed by atoms with van der Waals surface area (Å²) >= 11 is 0. The van der Waals surface area contributed by atoms with Crippen molar-refractivity contribution in [2.45, 2.75) is 17.4 Å². The molecule has 0 radical (unpaired) electrons. The Labute approximate surface area is 468 Å². The van der Waals surface area contributed by atoms with Gasteiger partial charge in [-0.25, -0.2) is 19.9 Å². The van der Waals surface area contributed by atoms with Crippen LogP contribution in [-0.2, 0) is 5.41 Å². The zero-order valence-corrected chi connectivity index (χ0v) is 43.8. The van der Waals surface area contributed by atoms with Gasteiger partial charge in [-0.15, -0.1) is 0 Å². The van der Waals surface area contributed by atoms with Crippen molar-refractivity contribution in [3.05, 3.63) is 312 Å². The molecule has 13 aromatic rings. The van der Waals surface area contributed by atoms with Gasteiger partial charge in [-0.3, -0.25) is 4.57 Å². The second-order valence-electron chi connectivity index (χ2n) is 20.9. The van der Waals surface area contributed by atoms with Crippen molar-refractivity contribution in [3.63, 3.8) is 0 Å². The molecule has 0 saturated carbocycles. The minimum atomic E-state index is -0.528. The number of benzene rings is 10. The molecular weight excluding hydrogens is 989 g/mol. The smallest absolute Gasteiger partial charge is 0.238 e. The fourth-order valence-electron chi connectivity index (χ4n) is 13.1. The summed E-state index contributed by atoms with van der Waals surface area (Å²) in [5, 5.41) is 1.13. The van der Waals surface area contributed by atoms with E-state index in [1.165, 1.54) is 33.4 Å². The Morgan fingerprint density at radius 3 is 1.48 bits per heavy atom. The third-order valence-electron chi connectivity index (χ3n) is 16.6. The summed E-state index contributed by atoms with van der Waals surface area (Å²) in [6, 6.07) is 94.0. The first-order chi connectivity index (χ1) is 40.2. The topological polar surface area (TPSA) is 85.5 Å². The quantitative estimate of drug-likeness (QED) is 0.142. The summed E-state index contributed by atoms with van der Waals surface area (Å²) in [5.74, 6) is 3.45. The number of anilines is 2. The Bertz CT molecular complexity index is 4500. The van der Waals surface area contributed by atoms with Gasteiger partial charge in [-0.1, -0.05) is 249 Å². The van der Waals surface area contributed by atoms with E-state index in [1.54, 1.807) is 0 Å². The molecule has 380 valence electrons. The summed E-state index contributed by atoms with van der Waals surface area (Å²) in [6.07, 6.45) is 4.68. The lowest BCUT2D eigenvalue weighted by Gasteiger charge is -2.33. The maximum absolute atomic E-state index is 5.52. The summed E-state index contributed by atoms with van der Waals surface area (Å²) in [7, 11) is 0. The number of rotatable bonds is 9. The number of aromatic nitrogens is 7. The summed E-state index contributed by atoms with van der Waals surface area (Å²) in [4.78, 5) is 34.5. The van der Waals surface area contributed by atoms with E-state index < -0.39 is 5.41 Å². The molecule has 4 heterocycles. The third kappa shape index (κ3) is 7.30. The van der Waals surface area contributed by atoms with Crippen molar-refractivity contribution in [2.24, 2.45) is 0 Å². The number of hydrogen-bond donors (Lipinski definition) is 0. The van der Waals surface area contributed by atoms with Crippen molar-refractivity contribution in [1.29, 1.82) is 0 Å². The zero-order valence-electron chi connectivity index (χ0n) is 43.8. The predicted molar refractivity (Wildman–Crippen MR) is 324 cm³/mol. The highest BCUT2D eigenvalue weighted by molar-refractivity contribution is 5.96. The van der Waals surface area contributed by atoms with E-state index in [-0.39, 0.29) is 12.0 Å². The Hall–Kier alpha value is -10.7. The van der Waals surface area contributed by atoms with Gasteiger partial charge in [-0.05, 0) is 69.3 Å². The number of hydrogen-bond acceptors (Lipinski definition) is 7. The molecule has 2 aliphatic carbocycles. The van der Waals surface area contributed by atoms with Gasteiger partial charge in [0, 0.05) is 50.1 Å². The molecule has 16 rings (SSSR count). The number of para-hydroxylation sites is 3. The van der Waals surface area contributed by atoms with Crippen LogP contribution in [0.1, 0.15) is 45.0 Å². The zero-order chi connectivity index (χ0) is 53.4. The summed E-state index contributed by atoms with van der Waals surface area (Å²) in [5.41, 5.74) is 17.9. The molecule has 3 aliphatic rings. The van der Waals surface area contributed by atoms with E-state index >= 15 is 0 Å². The Morgan fingerprint density at radius 2 is 0.840 bits per heavy atom. The highest BCUT2D eigenvalue weighted by atomic mass is 15.2. The van der Waals surface area contributed by atoms with E-state index in [4.69, 9.17) is 29.9 Å². The van der Waals surface area contributed by atoms with E-state index in [9.17, 15) is 0 Å². The minimum absolute atomic E-state index is 0.124. The van der Waals surface area contributed by atoms with Crippen LogP contribution in [-0.4, -0.2) is 40.5 Å². The highest BCUT2D eigenvalue weighted by Gasteiger charge is 2.47. The van der Waals surface area contributed by atoms with Crippen LogP contribution in [0.3, 0.4) is 0 Å². The summed E-state index contributed by atoms with van der Waals surface area (Å²) in [6.45, 7) is 0. The second kappa shape index (κ2) is 18.8. The Balaban J connectivity index is 0.865. The molecule has 3 aromatic heterocycles. The fraction of sp³-hybridized carbons (Fsp3) is 0.0411. The molecular formula is C73H48N8. The lowest BCUT2D eigenvalue weighted by Crippen LogP contribution is -2.32. The van der Waals surface area contributed by atoms with Crippen LogP contribution in [0.5, 0.6) is 0 Å². The van der Waals surface area contributed by atoms with Crippen LogP contribution < -0.4 is 4.90 Å². The maximum atomic E-state index is 5.52. The van der Waals surface area contributed by atoms with Gasteiger partial charge in [0.15, 0.2) is 29.1 Å². The Kier molecular flexibility index (Phi) is 10.7. The van der Waals surface area contributed by atoms with Gasteiger partial charge in [0.2, 0.25) is 5.95 Å². The monoisotopic (exact) mass is 1040 g/mol. The molecule has 0 fully saturated rings. The molecule has 1 aliphatic heterocycles. The SMILES string of the molecule is C1=CC2C(c3ccccc3N2c2ccccc2-c2nc(-c3ccccc3)nc(-c3ccc4c(c3)-c3ccccc3C4(c3ccccc3)c3ccccc3)n2)c2c1c1ccccc1n2-c1nc(-c2ccccc2)nc(-c2ccccc2)n1. The molecule has 0 amide bonds. The lowest BCUT2D eigenvalue weighted by molar-refractivity contribution is 0.685. The van der Waals surface area contributed by atoms with Crippen molar-refractivity contribution in [3.8, 4) is 74.0 Å². The van der Waals surface area contributed by atoms with Crippen molar-refractivity contribution >= 4 is 28.4 Å². The van der Waals surface area contributed by atoms with E-state index in [0.29, 0.717) is 35.1 Å². The largest absolute Gasteiger partial charge is 0.333 e. The first-order valence-corrected chi connectivity index (χ1v) is 27.5. The molecule has 0 saturated heterocycles. The van der Waals surface area contributed by atoms with E-state index in [0.717, 1.165) is 66.9 Å². The molecule has 2 unspecified atom stereocenters. The van der Waals surface area contributed by atoms with Gasteiger partial charge >= 0.3 is 0 Å². The standard InChI is InChI=1S/C73H48N8/c1-6-24-47(25-7-1)67-74-70(50-42-44-60-58(46-50)53-34-16-20-38-59(53)73(60,51-30-12-4-13-31-51)52-32-14-5-15-33-52)77-71(76-67)57-37-19-23-41-63(57)80-62-40-22-18-36-56(62)65-64(80)45-43-55-54-35-17-21-39-61(54)81(66(55)65)72-78-68(48-26-8-2-9-27-48)75-69(79-72)49-28-10-3-11-29-49/h1-46,64-65H. The summed E-state index contributed by atoms with van der Waals surface area (Å²) < 4.78 is 2.29. The predicted octanol–water partition coefficient (Wildman–Crippen LogP) is 16.4. The van der Waals surface area contributed by atoms with Gasteiger partial charge in [0.25, 0.3) is 0 Å². The average Bonchev–Trinajstić information content (AvgIpc) is 4.39. The fourth-order valence-corrected chi connectivity index (χ4v) is 13.1. The van der Waals surface area contributed by atoms with Crippen molar-refractivity contribution < 1.29 is 0 Å². The molecule has 2 atom stereocenters. The molecule has 8 nitrogen and oxygen atoms in total. The molecule has 8 heteroatoms. The third-order valence-corrected chi connectivity index (χ3v) is 16.6. The normalized spacial score (nSPS) is 15.2. The first kappa shape index (κ1) is 46.4. The van der Waals surface area contributed by atoms with Crippen LogP contribution in [0.25, 0.3) is 91.0 Å². The van der Waals surface area contributed by atoms with Crippen LogP contribution in [0.15, 0.2) is 273 Å². The second-order valence-corrected chi connectivity index (χ2v) is 20.9. The van der Waals surface area contributed by atoms with Crippen molar-refractivity contribution in [1.82, 2.24) is 34.5 Å². The molecule has 0 N–H and O–H groups in total. The molecule has 10 aromatic carbocycles. The maximum Gasteiger partial charge on any atom is 0.238 e. The van der Waals surface area contributed by atoms with Gasteiger partial charge in [0.05, 0.1) is 28.6 Å². The molecule has 0 bridgehead atoms. The molecule has 81 heavy (non-hydrogen) atoms. The van der Waals surface area contributed by atoms with Gasteiger partial charge in [0.1, 0.15) is 0 Å². The highest BCUT2D eigenvalue weighted by Crippen LogP contribution is 2.58. The Morgan fingerprint density at radius 1 is 0.358 bits per heavy atom. The van der Waals surface area contributed by atoms with Crippen LogP contribution >= 0.6 is 0 Å². The van der Waals surface area contributed by atoms with Crippen LogP contribution in [0.2, 0.25) is 0 Å². The van der Waals surface area contributed by atoms with Crippen molar-refractivity contribution in [2.75, 3.05) is 4.90 Å². The first-order valence-electron chi connectivity index (χ1n) is 27.5. The van der Waals surface area contributed by atoms with Gasteiger partial charge in [-0.2, -0.15) is 9.97 Å². The molecule has 0 spiro atoms. The van der Waals surface area contributed by atoms with Crippen LogP contribution in [0.4, 0.5) is 11.4 Å². The van der Waals surface area contributed by atoms with E-state index in [1.807, 2.05) is 54.6 Å². The minimum Gasteiger partial charge on any atom is -0.333 e. The van der Waals surface area contributed by atoms with Crippen LogP contribution in [0, 0.1) is 0 Å². The average molecular weight is 1040 g/mol. The van der Waals surface area contributed by atoms with Gasteiger partial charge < -0.3 is 4.90 Å². The van der Waals surface area contributed by atoms with E-state index in [2.05, 4.69) is 234 Å². The lowest BCUT2D eigenvalue weighted by atomic mass is 9.67. The number of fused-ring (bicyclic) bond motifs is 10. The number of nitrogens with zero attached hydrogens (tertiary/aromatic N) is 8.